The normalized spacial score (nSPS) is 10.8. The predicted molar refractivity (Wildman–Crippen MR) is 128 cm³/mol. The second kappa shape index (κ2) is 10.5. The maximum absolute atomic E-state index is 12.8. The van der Waals surface area contributed by atoms with Crippen molar-refractivity contribution in [1.29, 1.82) is 0 Å². The summed E-state index contributed by atoms with van der Waals surface area (Å²) in [5.74, 6) is -1.19. The summed E-state index contributed by atoms with van der Waals surface area (Å²) in [6, 6.07) is 11.5. The highest BCUT2D eigenvalue weighted by Crippen LogP contribution is 2.40. The maximum Gasteiger partial charge on any atom is 0.341 e. The molecule has 34 heavy (non-hydrogen) atoms. The van der Waals surface area contributed by atoms with E-state index in [9.17, 15) is 29.8 Å². The first-order valence-corrected chi connectivity index (χ1v) is 10.8. The second-order valence-corrected chi connectivity index (χ2v) is 8.16. The molecule has 3 aromatic rings. The minimum Gasteiger partial charge on any atom is -0.462 e. The van der Waals surface area contributed by atoms with Gasteiger partial charge in [0.25, 0.3) is 11.4 Å². The van der Waals surface area contributed by atoms with Gasteiger partial charge in [-0.05, 0) is 43.2 Å². The van der Waals surface area contributed by atoms with Crippen LogP contribution in [0.25, 0.3) is 17.2 Å². The number of nitrogens with one attached hydrogen (secondary N) is 1. The summed E-state index contributed by atoms with van der Waals surface area (Å²) in [7, 11) is 0. The molecule has 11 heteroatoms. The molecule has 0 saturated carbocycles. The van der Waals surface area contributed by atoms with Crippen LogP contribution in [0.4, 0.5) is 16.4 Å². The topological polar surface area (TPSA) is 142 Å². The fraction of sp³-hybridized carbons (Fsp3) is 0.130. The summed E-state index contributed by atoms with van der Waals surface area (Å²) in [6.07, 6.45) is 2.62. The van der Waals surface area contributed by atoms with Gasteiger partial charge in [-0.2, -0.15) is 0 Å². The smallest absolute Gasteiger partial charge is 0.341 e. The minimum absolute atomic E-state index is 0.0888. The maximum atomic E-state index is 12.8. The number of carbonyl (C=O) groups excluding carboxylic acids is 2. The van der Waals surface area contributed by atoms with Crippen LogP contribution < -0.4 is 5.32 Å². The minimum atomic E-state index is -0.641. The van der Waals surface area contributed by atoms with Gasteiger partial charge in [0, 0.05) is 40.8 Å². The highest BCUT2D eigenvalue weighted by molar-refractivity contribution is 7.17. The van der Waals surface area contributed by atoms with Gasteiger partial charge in [-0.3, -0.25) is 25.0 Å². The molecule has 10 nitrogen and oxygen atoms in total. The average Bonchev–Trinajstić information content (AvgIpc) is 3.13. The average molecular weight is 481 g/mol. The van der Waals surface area contributed by atoms with Crippen LogP contribution in [0.5, 0.6) is 0 Å². The van der Waals surface area contributed by atoms with E-state index in [4.69, 9.17) is 4.74 Å². The largest absolute Gasteiger partial charge is 0.462 e. The highest BCUT2D eigenvalue weighted by atomic mass is 32.1. The fourth-order valence-corrected chi connectivity index (χ4v) is 4.26. The van der Waals surface area contributed by atoms with E-state index in [1.165, 1.54) is 66.0 Å². The number of rotatable bonds is 8. The van der Waals surface area contributed by atoms with Crippen LogP contribution in [0.3, 0.4) is 0 Å². The number of nitro benzene ring substituents is 2. The zero-order valence-electron chi connectivity index (χ0n) is 18.1. The van der Waals surface area contributed by atoms with E-state index in [1.54, 1.807) is 19.9 Å². The SMILES string of the molecule is CCOC(=O)c1c(NC(=O)C=Cc2cccc([N+](=O)[O-])c2)sc(C)c1-c1ccc([N+](=O)[O-])cc1. The molecule has 0 aliphatic heterocycles. The van der Waals surface area contributed by atoms with E-state index >= 15 is 0 Å². The first kappa shape index (κ1) is 24.3. The van der Waals surface area contributed by atoms with Crippen LogP contribution in [0.15, 0.2) is 54.6 Å². The molecule has 0 aliphatic carbocycles. The molecule has 0 radical (unpaired) electrons. The van der Waals surface area contributed by atoms with Crippen molar-refractivity contribution in [3.8, 4) is 11.1 Å². The van der Waals surface area contributed by atoms with Crippen molar-refractivity contribution < 1.29 is 24.2 Å². The van der Waals surface area contributed by atoms with E-state index < -0.39 is 21.7 Å². The lowest BCUT2D eigenvalue weighted by atomic mass is 10.0. The molecule has 0 aliphatic rings. The summed E-state index contributed by atoms with van der Waals surface area (Å²) in [4.78, 5) is 46.9. The van der Waals surface area contributed by atoms with Gasteiger partial charge in [-0.25, -0.2) is 4.79 Å². The lowest BCUT2D eigenvalue weighted by Gasteiger charge is -2.08. The Bertz CT molecular complexity index is 1300. The number of aryl methyl sites for hydroxylation is 1. The zero-order valence-corrected chi connectivity index (χ0v) is 19.0. The number of carbonyl (C=O) groups is 2. The molecule has 0 unspecified atom stereocenters. The molecule has 2 aromatic carbocycles. The van der Waals surface area contributed by atoms with Crippen molar-refractivity contribution >= 4 is 45.7 Å². The van der Waals surface area contributed by atoms with Crippen LogP contribution in [-0.2, 0) is 9.53 Å². The molecule has 1 amide bonds. The number of amides is 1. The van der Waals surface area contributed by atoms with Gasteiger partial charge in [-0.15, -0.1) is 11.3 Å². The number of nitrogens with zero attached hydrogens (tertiary/aromatic N) is 2. The molecule has 3 rings (SSSR count). The first-order chi connectivity index (χ1) is 16.2. The van der Waals surface area contributed by atoms with Crippen LogP contribution >= 0.6 is 11.3 Å². The van der Waals surface area contributed by atoms with E-state index in [2.05, 4.69) is 5.32 Å². The van der Waals surface area contributed by atoms with Crippen molar-refractivity contribution in [1.82, 2.24) is 0 Å². The number of thiophene rings is 1. The zero-order chi connectivity index (χ0) is 24.8. The van der Waals surface area contributed by atoms with Gasteiger partial charge in [-0.1, -0.05) is 12.1 Å². The summed E-state index contributed by atoms with van der Waals surface area (Å²) in [6.45, 7) is 3.54. The van der Waals surface area contributed by atoms with Gasteiger partial charge >= 0.3 is 5.97 Å². The third-order valence-electron chi connectivity index (χ3n) is 4.68. The number of ether oxygens (including phenoxy) is 1. The molecule has 1 N–H and O–H groups in total. The Morgan fingerprint density at radius 1 is 1.06 bits per heavy atom. The van der Waals surface area contributed by atoms with E-state index in [-0.39, 0.29) is 28.5 Å². The van der Waals surface area contributed by atoms with Crippen LogP contribution in [-0.4, -0.2) is 28.3 Å². The number of benzene rings is 2. The van der Waals surface area contributed by atoms with Crippen molar-refractivity contribution in [2.24, 2.45) is 0 Å². The van der Waals surface area contributed by atoms with Crippen molar-refractivity contribution in [2.75, 3.05) is 11.9 Å². The van der Waals surface area contributed by atoms with Gasteiger partial charge in [0.1, 0.15) is 10.6 Å². The molecule has 1 aromatic heterocycles. The number of nitro groups is 2. The second-order valence-electron chi connectivity index (χ2n) is 6.94. The Labute approximate surface area is 197 Å². The van der Waals surface area contributed by atoms with Gasteiger partial charge in [0.15, 0.2) is 0 Å². The Morgan fingerprint density at radius 3 is 2.35 bits per heavy atom. The van der Waals surface area contributed by atoms with Gasteiger partial charge < -0.3 is 10.1 Å². The summed E-state index contributed by atoms with van der Waals surface area (Å²) in [5.41, 5.74) is 1.49. The summed E-state index contributed by atoms with van der Waals surface area (Å²) >= 11 is 1.17. The van der Waals surface area contributed by atoms with E-state index in [0.29, 0.717) is 21.6 Å². The third kappa shape index (κ3) is 5.51. The lowest BCUT2D eigenvalue weighted by Crippen LogP contribution is -2.12. The van der Waals surface area contributed by atoms with Crippen LogP contribution in [0, 0.1) is 27.2 Å². The monoisotopic (exact) mass is 481 g/mol. The molecular formula is C23H19N3O7S. The summed E-state index contributed by atoms with van der Waals surface area (Å²) in [5, 5.41) is 24.8. The van der Waals surface area contributed by atoms with Crippen LogP contribution in [0.1, 0.15) is 27.7 Å². The van der Waals surface area contributed by atoms with Crippen molar-refractivity contribution in [2.45, 2.75) is 13.8 Å². The third-order valence-corrected chi connectivity index (χ3v) is 5.70. The molecular weight excluding hydrogens is 462 g/mol. The number of hydrogen-bond acceptors (Lipinski definition) is 8. The molecule has 1 heterocycles. The molecule has 174 valence electrons. The quantitative estimate of drug-likeness (QED) is 0.197. The van der Waals surface area contributed by atoms with Crippen molar-refractivity contribution in [3.05, 3.63) is 90.8 Å². The first-order valence-electron chi connectivity index (χ1n) is 10.00. The number of hydrogen-bond donors (Lipinski definition) is 1. The Hall–Kier alpha value is -4.38. The van der Waals surface area contributed by atoms with Gasteiger partial charge in [0.2, 0.25) is 5.91 Å². The fourth-order valence-electron chi connectivity index (χ4n) is 3.20. The molecule has 0 saturated heterocycles. The van der Waals surface area contributed by atoms with Crippen molar-refractivity contribution in [3.63, 3.8) is 0 Å². The molecule has 0 bridgehead atoms. The van der Waals surface area contributed by atoms with Gasteiger partial charge in [0.05, 0.1) is 16.5 Å². The molecule has 0 atom stereocenters. The highest BCUT2D eigenvalue weighted by Gasteiger charge is 2.25. The Morgan fingerprint density at radius 2 is 1.74 bits per heavy atom. The Kier molecular flexibility index (Phi) is 7.49. The Balaban J connectivity index is 1.93. The number of esters is 1. The van der Waals surface area contributed by atoms with Crippen LogP contribution in [0.2, 0.25) is 0 Å². The van der Waals surface area contributed by atoms with E-state index in [0.717, 1.165) is 0 Å². The molecule has 0 fully saturated rings. The standard InChI is InChI=1S/C23H19N3O7S/c1-3-33-23(28)21-20(16-8-10-17(11-9-16)25(29)30)14(2)34-22(21)24-19(27)12-7-15-5-4-6-18(13-15)26(31)32/h4-13H,3H2,1-2H3,(H,24,27). The number of anilines is 1. The van der Waals surface area contributed by atoms with E-state index in [1.807, 2.05) is 0 Å². The predicted octanol–water partition coefficient (Wildman–Crippen LogP) is 5.37. The molecule has 0 spiro atoms. The lowest BCUT2D eigenvalue weighted by molar-refractivity contribution is -0.385. The summed E-state index contributed by atoms with van der Waals surface area (Å²) < 4.78 is 5.18. The number of non-ortho nitro benzene ring substituents is 2.